The van der Waals surface area contributed by atoms with Crippen LogP contribution in [0.2, 0.25) is 0 Å². The van der Waals surface area contributed by atoms with Crippen molar-refractivity contribution in [2.75, 3.05) is 0 Å². The van der Waals surface area contributed by atoms with Crippen LogP contribution >= 0.6 is 0 Å². The molecule has 1 aromatic heterocycles. The summed E-state index contributed by atoms with van der Waals surface area (Å²) in [7, 11) is 0. The maximum atomic E-state index is 7.75. The van der Waals surface area contributed by atoms with Crippen LogP contribution in [0, 0.1) is 45.5 Å². The molecule has 4 nitrogen and oxygen atoms in total. The standard InChI is InChI=1S/C9H17N3.C2H6.CHO.CH3.U/c1-3-4-5-6-7-12-8-9(2)10-11-12;2*1-2;;/h8H,3-7H2,1-2H3;1-2H3;1H;1H3;/q;;2*-1;+2. The predicted octanol–water partition coefficient (Wildman–Crippen LogP) is 3.37. The fourth-order valence-electron chi connectivity index (χ4n) is 1.21. The summed E-state index contributed by atoms with van der Waals surface area (Å²) in [6.45, 7) is 12.5. The number of carbonyl (C=O) groups excluding carboxylic acids is 1. The molecule has 0 aliphatic carbocycles. The Bertz CT molecular complexity index is 242. The summed E-state index contributed by atoms with van der Waals surface area (Å²) in [6, 6.07) is 0. The van der Waals surface area contributed by atoms with Gasteiger partial charge in [-0.15, -0.1) is 5.10 Å². The minimum atomic E-state index is 0. The third-order valence-electron chi connectivity index (χ3n) is 1.89. The van der Waals surface area contributed by atoms with E-state index in [0.29, 0.717) is 0 Å². The van der Waals surface area contributed by atoms with Crippen LogP contribution in [0.25, 0.3) is 0 Å². The number of unbranched alkanes of at least 4 members (excludes halogenated alkanes) is 3. The molecule has 0 unspecified atom stereocenters. The minimum absolute atomic E-state index is 0. The molecule has 104 valence electrons. The summed E-state index contributed by atoms with van der Waals surface area (Å²) in [5, 5.41) is 7.91. The number of aryl methyl sites for hydroxylation is 2. The van der Waals surface area contributed by atoms with E-state index >= 15 is 0 Å². The molecular weight excluding hydrogens is 452 g/mol. The summed E-state index contributed by atoms with van der Waals surface area (Å²) in [6.07, 6.45) is 7.13. The van der Waals surface area contributed by atoms with Gasteiger partial charge in [-0.3, -0.25) is 11.5 Å². The van der Waals surface area contributed by atoms with Gasteiger partial charge in [0.25, 0.3) is 0 Å². The Hall–Kier alpha value is -0.138. The summed E-state index contributed by atoms with van der Waals surface area (Å²) in [5.74, 6) is 0. The first-order valence-electron chi connectivity index (χ1n) is 5.93. The number of hydrogen-bond acceptors (Lipinski definition) is 3. The number of hydrogen-bond donors (Lipinski definition) is 0. The van der Waals surface area contributed by atoms with E-state index in [1.165, 1.54) is 25.7 Å². The molecule has 0 bridgehead atoms. The maximum absolute atomic E-state index is 7.75. The fraction of sp³-hybridized carbons (Fsp3) is 0.692. The van der Waals surface area contributed by atoms with Gasteiger partial charge in [0.15, 0.2) is 0 Å². The first-order chi connectivity index (χ1) is 7.83. The molecular formula is C13H27N3OU. The molecule has 0 N–H and O–H groups in total. The van der Waals surface area contributed by atoms with Crippen LogP contribution in [0.4, 0.5) is 0 Å². The Kier molecular flexibility index (Phi) is 32.4. The first-order valence-corrected chi connectivity index (χ1v) is 5.93. The Morgan fingerprint density at radius 1 is 1.22 bits per heavy atom. The summed E-state index contributed by atoms with van der Waals surface area (Å²) in [4.78, 5) is 7.75. The molecule has 0 radical (unpaired) electrons. The van der Waals surface area contributed by atoms with E-state index in [4.69, 9.17) is 4.79 Å². The van der Waals surface area contributed by atoms with Crippen molar-refractivity contribution in [3.8, 4) is 0 Å². The monoisotopic (exact) mass is 479 g/mol. The van der Waals surface area contributed by atoms with E-state index in [1.54, 1.807) is 0 Å². The van der Waals surface area contributed by atoms with Crippen molar-refractivity contribution in [3.05, 3.63) is 19.3 Å². The molecule has 0 spiro atoms. The van der Waals surface area contributed by atoms with Crippen molar-refractivity contribution in [1.29, 1.82) is 0 Å². The van der Waals surface area contributed by atoms with Gasteiger partial charge in [-0.25, -0.2) is 0 Å². The zero-order valence-corrected chi connectivity index (χ0v) is 16.6. The molecule has 0 fully saturated rings. The van der Waals surface area contributed by atoms with E-state index in [0.717, 1.165) is 12.2 Å². The second-order valence-electron chi connectivity index (χ2n) is 3.18. The summed E-state index contributed by atoms with van der Waals surface area (Å²) in [5.41, 5.74) is 1.01. The molecule has 0 amide bonds. The van der Waals surface area contributed by atoms with Gasteiger partial charge < -0.3 is 12.2 Å². The van der Waals surface area contributed by atoms with Gasteiger partial charge in [0.2, 0.25) is 0 Å². The van der Waals surface area contributed by atoms with Crippen LogP contribution in [0.15, 0.2) is 6.20 Å². The van der Waals surface area contributed by atoms with Gasteiger partial charge in [0.05, 0.1) is 5.69 Å². The zero-order valence-electron chi connectivity index (χ0n) is 12.4. The first kappa shape index (κ1) is 26.4. The van der Waals surface area contributed by atoms with Gasteiger partial charge in [-0.2, -0.15) is 0 Å². The zero-order chi connectivity index (χ0) is 12.8. The number of nitrogens with zero attached hydrogens (tertiary/aromatic N) is 3. The number of rotatable bonds is 5. The second-order valence-corrected chi connectivity index (χ2v) is 3.18. The van der Waals surface area contributed by atoms with E-state index in [2.05, 4.69) is 24.0 Å². The van der Waals surface area contributed by atoms with Crippen molar-refractivity contribution < 1.29 is 35.9 Å². The van der Waals surface area contributed by atoms with Gasteiger partial charge in [0, 0.05) is 12.7 Å². The van der Waals surface area contributed by atoms with Gasteiger partial charge in [0.1, 0.15) is 0 Å². The normalized spacial score (nSPS) is 7.56. The smallest absolute Gasteiger partial charge is 0.545 e. The Morgan fingerprint density at radius 3 is 2.17 bits per heavy atom. The largest absolute Gasteiger partial charge is 2.00 e. The quantitative estimate of drug-likeness (QED) is 0.370. The fourth-order valence-corrected chi connectivity index (χ4v) is 1.21. The molecule has 0 aliphatic rings. The van der Waals surface area contributed by atoms with Crippen LogP contribution in [0.5, 0.6) is 0 Å². The van der Waals surface area contributed by atoms with Crippen molar-refractivity contribution in [2.24, 2.45) is 0 Å². The minimum Gasteiger partial charge on any atom is -0.545 e. The Labute approximate surface area is 136 Å². The molecule has 0 saturated carbocycles. The average Bonchev–Trinajstić information content (AvgIpc) is 2.76. The maximum Gasteiger partial charge on any atom is 2.00 e. The summed E-state index contributed by atoms with van der Waals surface area (Å²) >= 11 is 0. The Balaban J connectivity index is -0.000000149. The van der Waals surface area contributed by atoms with Crippen molar-refractivity contribution >= 4 is 6.79 Å². The van der Waals surface area contributed by atoms with E-state index in [1.807, 2.05) is 31.6 Å². The van der Waals surface area contributed by atoms with Crippen molar-refractivity contribution in [3.63, 3.8) is 0 Å². The van der Waals surface area contributed by atoms with E-state index < -0.39 is 0 Å². The van der Waals surface area contributed by atoms with Gasteiger partial charge in [-0.05, 0) is 13.3 Å². The molecule has 1 aromatic rings. The van der Waals surface area contributed by atoms with E-state index in [-0.39, 0.29) is 38.5 Å². The van der Waals surface area contributed by atoms with Crippen molar-refractivity contribution in [1.82, 2.24) is 15.0 Å². The van der Waals surface area contributed by atoms with Crippen LogP contribution in [-0.2, 0) is 11.3 Å². The predicted molar refractivity (Wildman–Crippen MR) is 73.4 cm³/mol. The third-order valence-corrected chi connectivity index (χ3v) is 1.89. The second kappa shape index (κ2) is 22.1. The summed E-state index contributed by atoms with van der Waals surface area (Å²) < 4.78 is 1.92. The third kappa shape index (κ3) is 15.9. The average molecular weight is 479 g/mol. The van der Waals surface area contributed by atoms with Gasteiger partial charge in [-0.1, -0.05) is 45.2 Å². The molecule has 1 heterocycles. The molecule has 0 aromatic carbocycles. The van der Waals surface area contributed by atoms with Crippen LogP contribution in [-0.4, -0.2) is 21.8 Å². The molecule has 0 saturated heterocycles. The molecule has 1 rings (SSSR count). The molecule has 0 aliphatic heterocycles. The molecule has 5 heteroatoms. The van der Waals surface area contributed by atoms with Crippen molar-refractivity contribution in [2.45, 2.75) is 59.9 Å². The van der Waals surface area contributed by atoms with E-state index in [9.17, 15) is 0 Å². The number of aromatic nitrogens is 3. The van der Waals surface area contributed by atoms with Crippen LogP contribution in [0.1, 0.15) is 52.1 Å². The Morgan fingerprint density at radius 2 is 1.78 bits per heavy atom. The SMILES string of the molecule is CC.CCCCCCn1cc(C)nn1.[CH-]=O.[CH3-].[U+2]. The van der Waals surface area contributed by atoms with Gasteiger partial charge >= 0.3 is 31.1 Å². The topological polar surface area (TPSA) is 47.8 Å². The van der Waals surface area contributed by atoms with Crippen LogP contribution < -0.4 is 0 Å². The molecule has 0 atom stereocenters. The van der Waals surface area contributed by atoms with Crippen LogP contribution in [0.3, 0.4) is 0 Å². The molecule has 18 heavy (non-hydrogen) atoms.